The van der Waals surface area contributed by atoms with Crippen LogP contribution < -0.4 is 0 Å². The Labute approximate surface area is 175 Å². The van der Waals surface area contributed by atoms with Crippen molar-refractivity contribution in [2.45, 2.75) is 38.5 Å². The van der Waals surface area contributed by atoms with Crippen LogP contribution in [0.25, 0.3) is 0 Å². The van der Waals surface area contributed by atoms with Crippen LogP contribution in [0.3, 0.4) is 0 Å². The monoisotopic (exact) mass is 440 g/mol. The average Bonchev–Trinajstić information content (AvgIpc) is 2.20. The van der Waals surface area contributed by atoms with Gasteiger partial charge in [0.2, 0.25) is 0 Å². The van der Waals surface area contributed by atoms with E-state index >= 15 is 0 Å². The van der Waals surface area contributed by atoms with E-state index in [1.165, 1.54) is 31.2 Å². The molecule has 0 aliphatic heterocycles. The molecule has 0 amide bonds. The Morgan fingerprint density at radius 1 is 0.938 bits per heavy atom. The molecule has 1 aromatic carbocycles. The minimum Gasteiger partial charge on any atom is -0.184 e. The van der Waals surface area contributed by atoms with Crippen molar-refractivity contribution in [2.75, 3.05) is 0 Å². The van der Waals surface area contributed by atoms with E-state index in [1.807, 2.05) is 12.1 Å². The molecule has 1 fully saturated rings. The van der Waals surface area contributed by atoms with Crippen molar-refractivity contribution in [3.8, 4) is 0 Å². The maximum atomic E-state index is 3.08. The van der Waals surface area contributed by atoms with Gasteiger partial charge >= 0.3 is 0 Å². The van der Waals surface area contributed by atoms with Crippen LogP contribution in [0, 0.1) is 12.0 Å². The zero-order chi connectivity index (χ0) is 9.10. The van der Waals surface area contributed by atoms with Crippen molar-refractivity contribution >= 4 is 0 Å². The molecule has 1 aliphatic carbocycles. The summed E-state index contributed by atoms with van der Waals surface area (Å²) in [6.07, 6.45) is 5.57. The van der Waals surface area contributed by atoms with E-state index in [4.69, 9.17) is 0 Å². The zero-order valence-corrected chi connectivity index (χ0v) is 18.5. The van der Waals surface area contributed by atoms with Crippen molar-refractivity contribution in [2.24, 2.45) is 5.92 Å². The van der Waals surface area contributed by atoms with Crippen molar-refractivity contribution in [1.82, 2.24) is 0 Å². The standard InChI is InChI=1S/C13H17.3Y/c1-11-7-9-13(10-8-11)12-5-3-2-4-6-12;;;/h3-6,11,13H,7-10H2,1H3;;;/q-1;;;. The Hall–Kier alpha value is 2.53. The van der Waals surface area contributed by atoms with Gasteiger partial charge < -0.3 is 0 Å². The molecular formula is C13H17Y3-. The third kappa shape index (κ3) is 6.63. The molecule has 0 heterocycles. The first-order valence-electron chi connectivity index (χ1n) is 5.32. The summed E-state index contributed by atoms with van der Waals surface area (Å²) in [4.78, 5) is 0. The fourth-order valence-corrected chi connectivity index (χ4v) is 2.27. The van der Waals surface area contributed by atoms with Crippen molar-refractivity contribution in [3.05, 3.63) is 35.9 Å². The number of rotatable bonds is 1. The Kier molecular flexibility index (Phi) is 14.8. The smallest absolute Gasteiger partial charge is 0 e. The van der Waals surface area contributed by atoms with Crippen LogP contribution >= 0.6 is 0 Å². The zero-order valence-electron chi connectivity index (χ0n) is 10.0. The molecule has 0 unspecified atom stereocenters. The molecule has 3 heteroatoms. The van der Waals surface area contributed by atoms with Crippen LogP contribution in [0.2, 0.25) is 0 Å². The molecule has 1 aliphatic rings. The fraction of sp³-hybridized carbons (Fsp3) is 0.538. The Bertz CT molecular complexity index is 253. The normalized spacial score (nSPS) is 23.3. The summed E-state index contributed by atoms with van der Waals surface area (Å²) >= 11 is 0. The van der Waals surface area contributed by atoms with Gasteiger partial charge in [-0.15, -0.1) is 0 Å². The molecule has 0 spiro atoms. The summed E-state index contributed by atoms with van der Waals surface area (Å²) in [6, 6.07) is 11.6. The molecule has 0 bridgehead atoms. The molecule has 1 aromatic rings. The third-order valence-corrected chi connectivity index (χ3v) is 3.23. The minimum atomic E-state index is 0. The SMILES string of the molecule is CC1CCC(c2cc[c-]cc2)CC1.[Y].[Y].[Y]. The summed E-state index contributed by atoms with van der Waals surface area (Å²) in [5, 5.41) is 0. The quantitative estimate of drug-likeness (QED) is 0.584. The Morgan fingerprint density at radius 3 is 1.94 bits per heavy atom. The predicted molar refractivity (Wildman–Crippen MR) is 55.7 cm³/mol. The molecule has 0 aromatic heterocycles. The van der Waals surface area contributed by atoms with Crippen molar-refractivity contribution in [1.29, 1.82) is 0 Å². The Balaban J connectivity index is 0. The van der Waals surface area contributed by atoms with Crippen molar-refractivity contribution < 1.29 is 98.1 Å². The summed E-state index contributed by atoms with van der Waals surface area (Å²) in [6.45, 7) is 2.37. The van der Waals surface area contributed by atoms with Gasteiger partial charge in [-0.25, -0.2) is 0 Å². The fourth-order valence-electron chi connectivity index (χ4n) is 2.27. The summed E-state index contributed by atoms with van der Waals surface area (Å²) in [5.74, 6) is 1.78. The van der Waals surface area contributed by atoms with E-state index in [1.54, 1.807) is 0 Å². The van der Waals surface area contributed by atoms with Gasteiger partial charge in [-0.1, -0.05) is 19.8 Å². The van der Waals surface area contributed by atoms with Crippen LogP contribution in [-0.4, -0.2) is 0 Å². The first-order valence-corrected chi connectivity index (χ1v) is 5.32. The minimum absolute atomic E-state index is 0. The van der Waals surface area contributed by atoms with Crippen LogP contribution in [0.4, 0.5) is 0 Å². The van der Waals surface area contributed by atoms with Gasteiger partial charge in [0, 0.05) is 98.1 Å². The molecule has 3 radical (unpaired) electrons. The summed E-state index contributed by atoms with van der Waals surface area (Å²) < 4.78 is 0. The summed E-state index contributed by atoms with van der Waals surface area (Å²) in [7, 11) is 0. The molecule has 0 saturated heterocycles. The number of hydrogen-bond donors (Lipinski definition) is 0. The second kappa shape index (κ2) is 11.4. The third-order valence-electron chi connectivity index (χ3n) is 3.23. The molecule has 2 rings (SSSR count). The Morgan fingerprint density at radius 2 is 1.44 bits per heavy atom. The van der Waals surface area contributed by atoms with Gasteiger partial charge in [-0.2, -0.15) is 35.9 Å². The van der Waals surface area contributed by atoms with E-state index in [2.05, 4.69) is 25.1 Å². The van der Waals surface area contributed by atoms with Crippen LogP contribution in [-0.2, 0) is 98.1 Å². The second-order valence-electron chi connectivity index (χ2n) is 4.29. The molecule has 0 nitrogen and oxygen atoms in total. The first kappa shape index (κ1) is 20.8. The van der Waals surface area contributed by atoms with Gasteiger partial charge in [0.15, 0.2) is 0 Å². The maximum absolute atomic E-state index is 3.08. The maximum Gasteiger partial charge on any atom is 0 e. The van der Waals surface area contributed by atoms with Gasteiger partial charge in [0.1, 0.15) is 0 Å². The molecule has 0 atom stereocenters. The molecule has 0 N–H and O–H groups in total. The van der Waals surface area contributed by atoms with Crippen LogP contribution in [0.5, 0.6) is 0 Å². The molecule has 79 valence electrons. The number of hydrogen-bond acceptors (Lipinski definition) is 0. The second-order valence-corrected chi connectivity index (χ2v) is 4.29. The van der Waals surface area contributed by atoms with Crippen molar-refractivity contribution in [3.63, 3.8) is 0 Å². The van der Waals surface area contributed by atoms with E-state index in [-0.39, 0.29) is 98.1 Å². The van der Waals surface area contributed by atoms with E-state index in [9.17, 15) is 0 Å². The topological polar surface area (TPSA) is 0 Å². The number of benzene rings is 1. The van der Waals surface area contributed by atoms with Gasteiger partial charge in [-0.05, 0) is 24.7 Å². The predicted octanol–water partition coefficient (Wildman–Crippen LogP) is 3.77. The van der Waals surface area contributed by atoms with Crippen LogP contribution in [0.15, 0.2) is 24.3 Å². The van der Waals surface area contributed by atoms with Crippen LogP contribution in [0.1, 0.15) is 44.1 Å². The summed E-state index contributed by atoms with van der Waals surface area (Å²) in [5.41, 5.74) is 1.52. The first-order chi connectivity index (χ1) is 6.36. The van der Waals surface area contributed by atoms with Gasteiger partial charge in [0.25, 0.3) is 0 Å². The van der Waals surface area contributed by atoms with E-state index < -0.39 is 0 Å². The molecular weight excluding hydrogens is 423 g/mol. The largest absolute Gasteiger partial charge is 0.184 e. The average molecular weight is 440 g/mol. The van der Waals surface area contributed by atoms with E-state index in [0.29, 0.717) is 0 Å². The van der Waals surface area contributed by atoms with Gasteiger partial charge in [-0.3, -0.25) is 0 Å². The van der Waals surface area contributed by atoms with Gasteiger partial charge in [0.05, 0.1) is 0 Å². The molecule has 16 heavy (non-hydrogen) atoms. The molecule has 1 saturated carbocycles. The van der Waals surface area contributed by atoms with E-state index in [0.717, 1.165) is 11.8 Å².